The zero-order valence-corrected chi connectivity index (χ0v) is 20.4. The van der Waals surface area contributed by atoms with E-state index in [1.807, 2.05) is 0 Å². The molecule has 9 heteroatoms. The Morgan fingerprint density at radius 1 is 1.00 bits per heavy atom. The molecule has 1 N–H and O–H groups in total. The van der Waals surface area contributed by atoms with E-state index in [4.69, 9.17) is 9.47 Å². The maximum absolute atomic E-state index is 12.9. The second-order valence-corrected chi connectivity index (χ2v) is 9.82. The molecule has 0 aliphatic carbocycles. The van der Waals surface area contributed by atoms with Gasteiger partial charge in [0.2, 0.25) is 10.0 Å². The SMILES string of the molecule is CCCCOc1ccc(C(=O)Nc2ccc(S(=O)(=O)N3CCN(CC)CC3)cc2)cc1OC. The van der Waals surface area contributed by atoms with Crippen molar-refractivity contribution < 1.29 is 22.7 Å². The van der Waals surface area contributed by atoms with Gasteiger partial charge in [0.15, 0.2) is 11.5 Å². The number of hydrogen-bond acceptors (Lipinski definition) is 6. The van der Waals surface area contributed by atoms with Gasteiger partial charge >= 0.3 is 0 Å². The number of benzene rings is 2. The molecule has 2 aromatic rings. The molecule has 0 bridgehead atoms. The van der Waals surface area contributed by atoms with Crippen LogP contribution >= 0.6 is 0 Å². The van der Waals surface area contributed by atoms with Gasteiger partial charge in [-0.15, -0.1) is 0 Å². The van der Waals surface area contributed by atoms with Crippen molar-refractivity contribution in [1.82, 2.24) is 9.21 Å². The maximum Gasteiger partial charge on any atom is 0.255 e. The number of nitrogens with one attached hydrogen (secondary N) is 1. The van der Waals surface area contributed by atoms with E-state index in [2.05, 4.69) is 24.1 Å². The van der Waals surface area contributed by atoms with E-state index in [1.165, 1.54) is 23.5 Å². The van der Waals surface area contributed by atoms with Gasteiger partial charge < -0.3 is 19.7 Å². The maximum atomic E-state index is 12.9. The molecule has 1 saturated heterocycles. The predicted octanol–water partition coefficient (Wildman–Crippen LogP) is 3.45. The molecule has 0 saturated carbocycles. The fourth-order valence-electron chi connectivity index (χ4n) is 3.60. The van der Waals surface area contributed by atoms with Crippen LogP contribution in [0.3, 0.4) is 0 Å². The summed E-state index contributed by atoms with van der Waals surface area (Å²) in [7, 11) is -2.02. The number of likely N-dealkylation sites (N-methyl/N-ethyl adjacent to an activating group) is 1. The second-order valence-electron chi connectivity index (χ2n) is 7.88. The van der Waals surface area contributed by atoms with E-state index in [-0.39, 0.29) is 10.8 Å². The van der Waals surface area contributed by atoms with E-state index >= 15 is 0 Å². The summed E-state index contributed by atoms with van der Waals surface area (Å²) in [5.41, 5.74) is 0.928. The summed E-state index contributed by atoms with van der Waals surface area (Å²) in [5.74, 6) is 0.764. The lowest BCUT2D eigenvalue weighted by Crippen LogP contribution is -2.48. The van der Waals surface area contributed by atoms with Crippen molar-refractivity contribution in [2.75, 3.05) is 51.8 Å². The van der Waals surface area contributed by atoms with Gasteiger partial charge in [-0.25, -0.2) is 8.42 Å². The van der Waals surface area contributed by atoms with Crippen LogP contribution in [0.5, 0.6) is 11.5 Å². The molecule has 1 aliphatic heterocycles. The van der Waals surface area contributed by atoms with Crippen LogP contribution in [-0.2, 0) is 10.0 Å². The number of nitrogens with zero attached hydrogens (tertiary/aromatic N) is 2. The first-order valence-electron chi connectivity index (χ1n) is 11.3. The minimum atomic E-state index is -3.55. The fourth-order valence-corrected chi connectivity index (χ4v) is 5.03. The Kier molecular flexibility index (Phi) is 8.71. The Morgan fingerprint density at radius 3 is 2.30 bits per heavy atom. The molecule has 0 spiro atoms. The average molecular weight is 476 g/mol. The number of carbonyl (C=O) groups is 1. The number of ether oxygens (including phenoxy) is 2. The van der Waals surface area contributed by atoms with E-state index < -0.39 is 10.0 Å². The number of anilines is 1. The van der Waals surface area contributed by atoms with Crippen molar-refractivity contribution >= 4 is 21.6 Å². The number of methoxy groups -OCH3 is 1. The Balaban J connectivity index is 1.65. The zero-order chi connectivity index (χ0) is 23.8. The first-order valence-corrected chi connectivity index (χ1v) is 12.8. The topological polar surface area (TPSA) is 88.2 Å². The van der Waals surface area contributed by atoms with Crippen LogP contribution in [0, 0.1) is 0 Å². The summed E-state index contributed by atoms with van der Waals surface area (Å²) in [5, 5.41) is 2.80. The molecule has 1 fully saturated rings. The van der Waals surface area contributed by atoms with Gasteiger partial charge in [0.25, 0.3) is 5.91 Å². The molecular formula is C24H33N3O5S. The van der Waals surface area contributed by atoms with Crippen LogP contribution in [-0.4, -0.2) is 70.0 Å². The molecule has 1 aliphatic rings. The molecule has 33 heavy (non-hydrogen) atoms. The van der Waals surface area contributed by atoms with E-state index in [1.54, 1.807) is 30.3 Å². The van der Waals surface area contributed by atoms with Crippen molar-refractivity contribution in [2.24, 2.45) is 0 Å². The highest BCUT2D eigenvalue weighted by molar-refractivity contribution is 7.89. The molecule has 0 aromatic heterocycles. The van der Waals surface area contributed by atoms with Crippen LogP contribution in [0.1, 0.15) is 37.0 Å². The quantitative estimate of drug-likeness (QED) is 0.530. The van der Waals surface area contributed by atoms with Crippen LogP contribution < -0.4 is 14.8 Å². The lowest BCUT2D eigenvalue weighted by atomic mass is 10.2. The number of piperazine rings is 1. The lowest BCUT2D eigenvalue weighted by Gasteiger charge is -2.33. The van der Waals surface area contributed by atoms with Gasteiger partial charge in [0.05, 0.1) is 18.6 Å². The molecule has 1 amide bonds. The number of rotatable bonds is 10. The first kappa shape index (κ1) is 25.0. The van der Waals surface area contributed by atoms with Gasteiger partial charge in [0.1, 0.15) is 0 Å². The molecule has 8 nitrogen and oxygen atoms in total. The van der Waals surface area contributed by atoms with Crippen LogP contribution in [0.2, 0.25) is 0 Å². The molecule has 0 radical (unpaired) electrons. The van der Waals surface area contributed by atoms with E-state index in [9.17, 15) is 13.2 Å². The molecule has 2 aromatic carbocycles. The van der Waals surface area contributed by atoms with Crippen LogP contribution in [0.4, 0.5) is 5.69 Å². The Morgan fingerprint density at radius 2 is 1.70 bits per heavy atom. The van der Waals surface area contributed by atoms with Crippen molar-refractivity contribution in [3.05, 3.63) is 48.0 Å². The Bertz CT molecular complexity index is 1030. The smallest absolute Gasteiger partial charge is 0.255 e. The highest BCUT2D eigenvalue weighted by Gasteiger charge is 2.28. The monoisotopic (exact) mass is 475 g/mol. The van der Waals surface area contributed by atoms with Gasteiger partial charge in [-0.05, 0) is 55.4 Å². The highest BCUT2D eigenvalue weighted by Crippen LogP contribution is 2.29. The number of amides is 1. The summed E-state index contributed by atoms with van der Waals surface area (Å²) in [6, 6.07) is 11.3. The summed E-state index contributed by atoms with van der Waals surface area (Å²) in [6.07, 6.45) is 1.96. The zero-order valence-electron chi connectivity index (χ0n) is 19.5. The summed E-state index contributed by atoms with van der Waals surface area (Å²) in [4.78, 5) is 15.2. The highest BCUT2D eigenvalue weighted by atomic mass is 32.2. The third-order valence-electron chi connectivity index (χ3n) is 5.71. The Labute approximate surface area is 196 Å². The van der Waals surface area contributed by atoms with Gasteiger partial charge in [-0.3, -0.25) is 4.79 Å². The summed E-state index contributed by atoms with van der Waals surface area (Å²) >= 11 is 0. The molecule has 0 atom stereocenters. The number of sulfonamides is 1. The lowest BCUT2D eigenvalue weighted by molar-refractivity contribution is 0.102. The van der Waals surface area contributed by atoms with Crippen LogP contribution in [0.25, 0.3) is 0 Å². The van der Waals surface area contributed by atoms with Crippen molar-refractivity contribution in [2.45, 2.75) is 31.6 Å². The minimum Gasteiger partial charge on any atom is -0.493 e. The number of hydrogen-bond donors (Lipinski definition) is 1. The third kappa shape index (κ3) is 6.25. The van der Waals surface area contributed by atoms with Gasteiger partial charge in [-0.2, -0.15) is 4.31 Å². The second kappa shape index (κ2) is 11.5. The largest absolute Gasteiger partial charge is 0.493 e. The van der Waals surface area contributed by atoms with Crippen molar-refractivity contribution in [3.8, 4) is 11.5 Å². The fraction of sp³-hybridized carbons (Fsp3) is 0.458. The van der Waals surface area contributed by atoms with E-state index in [0.717, 1.165) is 32.5 Å². The average Bonchev–Trinajstić information content (AvgIpc) is 2.84. The van der Waals surface area contributed by atoms with Crippen LogP contribution in [0.15, 0.2) is 47.4 Å². The predicted molar refractivity (Wildman–Crippen MR) is 129 cm³/mol. The minimum absolute atomic E-state index is 0.223. The van der Waals surface area contributed by atoms with Gasteiger partial charge in [-0.1, -0.05) is 20.3 Å². The number of carbonyl (C=O) groups excluding carboxylic acids is 1. The molecular weight excluding hydrogens is 442 g/mol. The van der Waals surface area contributed by atoms with E-state index in [0.29, 0.717) is 42.4 Å². The van der Waals surface area contributed by atoms with Gasteiger partial charge in [0, 0.05) is 37.4 Å². The first-order chi connectivity index (χ1) is 15.9. The molecule has 0 unspecified atom stereocenters. The summed E-state index contributed by atoms with van der Waals surface area (Å²) < 4.78 is 38.4. The van der Waals surface area contributed by atoms with Crippen molar-refractivity contribution in [1.29, 1.82) is 0 Å². The summed E-state index contributed by atoms with van der Waals surface area (Å²) in [6.45, 7) is 8.09. The number of unbranched alkanes of at least 4 members (excludes halogenated alkanes) is 1. The standard InChI is InChI=1S/C24H33N3O5S/c1-4-6-17-32-22-12-7-19(18-23(22)31-3)24(28)25-20-8-10-21(11-9-20)33(29,30)27-15-13-26(5-2)14-16-27/h7-12,18H,4-6,13-17H2,1-3H3,(H,25,28). The molecule has 1 heterocycles. The molecule has 180 valence electrons. The normalized spacial score (nSPS) is 15.2. The molecule has 3 rings (SSSR count). The Hall–Kier alpha value is -2.62. The third-order valence-corrected chi connectivity index (χ3v) is 7.62. The van der Waals surface area contributed by atoms with Crippen molar-refractivity contribution in [3.63, 3.8) is 0 Å².